The number of aliphatic carboxylic acids is 1. The van der Waals surface area contributed by atoms with Gasteiger partial charge in [0.1, 0.15) is 23.9 Å². The van der Waals surface area contributed by atoms with E-state index in [0.29, 0.717) is 44.4 Å². The third-order valence-corrected chi connectivity index (χ3v) is 5.79. The van der Waals surface area contributed by atoms with Gasteiger partial charge in [0.15, 0.2) is 6.10 Å². The number of carbonyl (C=O) groups excluding carboxylic acids is 1. The molecule has 0 saturated heterocycles. The summed E-state index contributed by atoms with van der Waals surface area (Å²) in [5.74, 6) is -0.0348. The molecular formula is C28H39FN2O6. The molecule has 0 aliphatic heterocycles. The van der Waals surface area contributed by atoms with Gasteiger partial charge in [-0.3, -0.25) is 0 Å². The smallest absolute Gasteiger partial charge is 0.333 e. The minimum Gasteiger partial charge on any atom is -0.494 e. The Kier molecular flexibility index (Phi) is 13.3. The molecule has 0 heterocycles. The number of carboxylic acid groups (broad SMARTS) is 1. The van der Waals surface area contributed by atoms with Gasteiger partial charge >= 0.3 is 12.0 Å². The average molecular weight is 519 g/mol. The summed E-state index contributed by atoms with van der Waals surface area (Å²) in [7, 11) is 0. The van der Waals surface area contributed by atoms with E-state index >= 15 is 0 Å². The molecule has 0 aliphatic rings. The standard InChI is InChI=1S/C28H39FN2O6/c1-4-21(3)30-28(34)31(16-6-7-18-36-25-14-10-23(29)11-15-25)17-19-37-24-12-8-22(9-13-24)20-26(27(32)33)35-5-2/h8-15,21,26H,4-7,16-20H2,1-3H3,(H,30,34)(H,32,33). The van der Waals surface area contributed by atoms with Gasteiger partial charge in [0.2, 0.25) is 0 Å². The van der Waals surface area contributed by atoms with E-state index in [9.17, 15) is 19.1 Å². The second-order valence-electron chi connectivity index (χ2n) is 8.73. The van der Waals surface area contributed by atoms with Gasteiger partial charge in [-0.2, -0.15) is 0 Å². The van der Waals surface area contributed by atoms with E-state index in [1.807, 2.05) is 26.0 Å². The van der Waals surface area contributed by atoms with Crippen molar-refractivity contribution in [2.45, 2.75) is 58.6 Å². The van der Waals surface area contributed by atoms with Crippen LogP contribution in [0.3, 0.4) is 0 Å². The van der Waals surface area contributed by atoms with Crippen LogP contribution in [0.5, 0.6) is 11.5 Å². The first kappa shape index (κ1) is 29.9. The summed E-state index contributed by atoms with van der Waals surface area (Å²) in [6.45, 7) is 7.83. The van der Waals surface area contributed by atoms with Gasteiger partial charge in [0.05, 0.1) is 13.2 Å². The summed E-state index contributed by atoms with van der Waals surface area (Å²) in [6, 6.07) is 13.0. The monoisotopic (exact) mass is 518 g/mol. The van der Waals surface area contributed by atoms with Gasteiger partial charge in [-0.15, -0.1) is 0 Å². The van der Waals surface area contributed by atoms with E-state index in [0.717, 1.165) is 24.8 Å². The van der Waals surface area contributed by atoms with E-state index in [4.69, 9.17) is 14.2 Å². The number of carboxylic acids is 1. The Morgan fingerprint density at radius 1 is 0.946 bits per heavy atom. The highest BCUT2D eigenvalue weighted by atomic mass is 19.1. The van der Waals surface area contributed by atoms with Gasteiger partial charge < -0.3 is 29.5 Å². The van der Waals surface area contributed by atoms with Crippen molar-refractivity contribution in [3.8, 4) is 11.5 Å². The molecule has 2 N–H and O–H groups in total. The van der Waals surface area contributed by atoms with Crippen LogP contribution in [0.4, 0.5) is 9.18 Å². The van der Waals surface area contributed by atoms with Crippen LogP contribution in [0.25, 0.3) is 0 Å². The molecule has 9 heteroatoms. The number of nitrogens with zero attached hydrogens (tertiary/aromatic N) is 1. The molecule has 2 unspecified atom stereocenters. The number of nitrogens with one attached hydrogen (secondary N) is 1. The number of urea groups is 1. The van der Waals surface area contributed by atoms with Gasteiger partial charge in [-0.25, -0.2) is 14.0 Å². The van der Waals surface area contributed by atoms with Crippen molar-refractivity contribution in [2.24, 2.45) is 0 Å². The fourth-order valence-corrected chi connectivity index (χ4v) is 3.47. The number of ether oxygens (including phenoxy) is 3. The number of hydrogen-bond donors (Lipinski definition) is 2. The van der Waals surface area contributed by atoms with Gasteiger partial charge in [-0.05, 0) is 75.1 Å². The van der Waals surface area contributed by atoms with Crippen LogP contribution < -0.4 is 14.8 Å². The highest BCUT2D eigenvalue weighted by Crippen LogP contribution is 2.15. The molecule has 2 atom stereocenters. The zero-order chi connectivity index (χ0) is 27.0. The number of unbranched alkanes of at least 4 members (excludes halogenated alkanes) is 1. The summed E-state index contributed by atoms with van der Waals surface area (Å²) < 4.78 is 29.7. The molecule has 0 aliphatic carbocycles. The first-order chi connectivity index (χ1) is 17.8. The fourth-order valence-electron chi connectivity index (χ4n) is 3.47. The van der Waals surface area contributed by atoms with Crippen molar-refractivity contribution in [1.82, 2.24) is 10.2 Å². The fraction of sp³-hybridized carbons (Fsp3) is 0.500. The number of carbonyl (C=O) groups is 2. The van der Waals surface area contributed by atoms with E-state index in [2.05, 4.69) is 5.32 Å². The third kappa shape index (κ3) is 11.5. The molecule has 2 aromatic carbocycles. The summed E-state index contributed by atoms with van der Waals surface area (Å²) in [5.41, 5.74) is 0.839. The lowest BCUT2D eigenvalue weighted by atomic mass is 10.1. The van der Waals surface area contributed by atoms with Crippen molar-refractivity contribution in [3.63, 3.8) is 0 Å². The van der Waals surface area contributed by atoms with Crippen LogP contribution in [0.15, 0.2) is 48.5 Å². The van der Waals surface area contributed by atoms with E-state index in [1.165, 1.54) is 12.1 Å². The number of hydrogen-bond acceptors (Lipinski definition) is 5. The Balaban J connectivity index is 1.82. The molecule has 0 fully saturated rings. The second-order valence-corrected chi connectivity index (χ2v) is 8.73. The zero-order valence-electron chi connectivity index (χ0n) is 22.0. The van der Waals surface area contributed by atoms with Gasteiger partial charge in [-0.1, -0.05) is 19.1 Å². The molecule has 204 valence electrons. The summed E-state index contributed by atoms with van der Waals surface area (Å²) in [6.07, 6.45) is 1.72. The van der Waals surface area contributed by atoms with Crippen molar-refractivity contribution < 1.29 is 33.3 Å². The SMILES string of the molecule is CCOC(Cc1ccc(OCCN(CCCCOc2ccc(F)cc2)C(=O)NC(C)CC)cc1)C(=O)O. The van der Waals surface area contributed by atoms with Crippen molar-refractivity contribution >= 4 is 12.0 Å². The Morgan fingerprint density at radius 2 is 1.57 bits per heavy atom. The van der Waals surface area contributed by atoms with E-state index in [-0.39, 0.29) is 24.3 Å². The molecule has 8 nitrogen and oxygen atoms in total. The van der Waals surface area contributed by atoms with Crippen LogP contribution in [-0.4, -0.2) is 67.1 Å². The van der Waals surface area contributed by atoms with Crippen LogP contribution in [0.1, 0.15) is 45.6 Å². The molecular weight excluding hydrogens is 479 g/mol. The molecule has 0 aromatic heterocycles. The van der Waals surface area contributed by atoms with Crippen LogP contribution >= 0.6 is 0 Å². The lowest BCUT2D eigenvalue weighted by Crippen LogP contribution is -2.45. The summed E-state index contributed by atoms with van der Waals surface area (Å²) in [4.78, 5) is 25.8. The number of rotatable bonds is 17. The molecule has 2 amide bonds. The maximum atomic E-state index is 13.0. The zero-order valence-corrected chi connectivity index (χ0v) is 22.0. The Hall–Kier alpha value is -3.33. The highest BCUT2D eigenvalue weighted by Gasteiger charge is 2.18. The first-order valence-corrected chi connectivity index (χ1v) is 12.8. The highest BCUT2D eigenvalue weighted by molar-refractivity contribution is 5.74. The average Bonchev–Trinajstić information content (AvgIpc) is 2.88. The molecule has 0 spiro atoms. The third-order valence-electron chi connectivity index (χ3n) is 5.79. The minimum absolute atomic E-state index is 0.0663. The molecule has 37 heavy (non-hydrogen) atoms. The van der Waals surface area contributed by atoms with Gasteiger partial charge in [0, 0.05) is 25.6 Å². The Bertz CT molecular complexity index is 939. The lowest BCUT2D eigenvalue weighted by molar-refractivity contribution is -0.149. The van der Waals surface area contributed by atoms with Gasteiger partial charge in [0.25, 0.3) is 0 Å². The topological polar surface area (TPSA) is 97.3 Å². The summed E-state index contributed by atoms with van der Waals surface area (Å²) >= 11 is 0. The van der Waals surface area contributed by atoms with Crippen molar-refractivity contribution in [1.29, 1.82) is 0 Å². The van der Waals surface area contributed by atoms with E-state index < -0.39 is 12.1 Å². The van der Waals surface area contributed by atoms with Crippen molar-refractivity contribution in [3.05, 3.63) is 59.9 Å². The molecule has 2 rings (SSSR count). The lowest BCUT2D eigenvalue weighted by Gasteiger charge is -2.25. The van der Waals surface area contributed by atoms with Crippen LogP contribution in [0.2, 0.25) is 0 Å². The second kappa shape index (κ2) is 16.4. The van der Waals surface area contributed by atoms with Crippen LogP contribution in [-0.2, 0) is 16.0 Å². The maximum Gasteiger partial charge on any atom is 0.333 e. The first-order valence-electron chi connectivity index (χ1n) is 12.8. The Labute approximate surface area is 218 Å². The maximum absolute atomic E-state index is 13.0. The number of amides is 2. The normalized spacial score (nSPS) is 12.4. The van der Waals surface area contributed by atoms with E-state index in [1.54, 1.807) is 36.1 Å². The molecule has 0 saturated carbocycles. The van der Waals surface area contributed by atoms with Crippen LogP contribution in [0, 0.1) is 5.82 Å². The largest absolute Gasteiger partial charge is 0.494 e. The predicted octanol–water partition coefficient (Wildman–Crippen LogP) is 4.91. The number of halogens is 1. The molecule has 2 aromatic rings. The number of benzene rings is 2. The molecule has 0 bridgehead atoms. The minimum atomic E-state index is -0.986. The molecule has 0 radical (unpaired) electrons. The predicted molar refractivity (Wildman–Crippen MR) is 140 cm³/mol. The Morgan fingerprint density at radius 3 is 2.16 bits per heavy atom. The summed E-state index contributed by atoms with van der Waals surface area (Å²) in [5, 5.41) is 12.3. The quantitative estimate of drug-likeness (QED) is 0.289. The van der Waals surface area contributed by atoms with Crippen molar-refractivity contribution in [2.75, 3.05) is 32.9 Å².